The van der Waals surface area contributed by atoms with Crippen molar-refractivity contribution in [3.63, 3.8) is 0 Å². The van der Waals surface area contributed by atoms with Crippen LogP contribution in [0.15, 0.2) is 45.6 Å². The minimum atomic E-state index is -0.386. The molecule has 2 aromatic carbocycles. The van der Waals surface area contributed by atoms with E-state index in [1.807, 2.05) is 51.1 Å². The van der Waals surface area contributed by atoms with Crippen LogP contribution in [-0.2, 0) is 29.0 Å². The zero-order valence-corrected chi connectivity index (χ0v) is 19.5. The summed E-state index contributed by atoms with van der Waals surface area (Å²) in [5.74, 6) is 1.26. The maximum absolute atomic E-state index is 12.1. The minimum Gasteiger partial charge on any atom is -0.497 e. The lowest BCUT2D eigenvalue weighted by molar-refractivity contribution is -0.147. The highest BCUT2D eigenvalue weighted by atomic mass is 16.5. The number of benzene rings is 2. The minimum absolute atomic E-state index is 0.151. The Bertz CT molecular complexity index is 1210. The topological polar surface area (TPSA) is 78.2 Å². The molecule has 174 valence electrons. The third-order valence-corrected chi connectivity index (χ3v) is 5.67. The van der Waals surface area contributed by atoms with Gasteiger partial charge in [0.1, 0.15) is 23.8 Å². The lowest BCUT2D eigenvalue weighted by Gasteiger charge is -2.31. The zero-order chi connectivity index (χ0) is 23.5. The summed E-state index contributed by atoms with van der Waals surface area (Å²) in [5.41, 5.74) is 3.87. The van der Waals surface area contributed by atoms with E-state index < -0.39 is 0 Å². The summed E-state index contributed by atoms with van der Waals surface area (Å²) in [4.78, 5) is 26.4. The predicted molar refractivity (Wildman–Crippen MR) is 125 cm³/mol. The maximum atomic E-state index is 12.1. The molecule has 33 heavy (non-hydrogen) atoms. The molecule has 0 unspecified atom stereocenters. The monoisotopic (exact) mass is 451 g/mol. The summed E-state index contributed by atoms with van der Waals surface area (Å²) in [6.07, 6.45) is 0.591. The van der Waals surface area contributed by atoms with E-state index in [0.717, 1.165) is 33.4 Å². The van der Waals surface area contributed by atoms with Gasteiger partial charge in [0.25, 0.3) is 0 Å². The van der Waals surface area contributed by atoms with E-state index in [1.54, 1.807) is 7.11 Å². The molecular formula is C26H29NO6. The first kappa shape index (κ1) is 22.9. The molecule has 0 aliphatic carbocycles. The third-order valence-electron chi connectivity index (χ3n) is 5.67. The van der Waals surface area contributed by atoms with Gasteiger partial charge in [0.05, 0.1) is 18.8 Å². The smallest absolute Gasteiger partial charge is 0.336 e. The lowest BCUT2D eigenvalue weighted by Crippen LogP contribution is -2.32. The Morgan fingerprint density at radius 3 is 2.64 bits per heavy atom. The fourth-order valence-corrected chi connectivity index (χ4v) is 4.14. The van der Waals surface area contributed by atoms with Crippen molar-refractivity contribution >= 4 is 16.9 Å². The van der Waals surface area contributed by atoms with Crippen molar-refractivity contribution in [1.29, 1.82) is 0 Å². The molecule has 0 saturated carbocycles. The number of esters is 1. The van der Waals surface area contributed by atoms with Gasteiger partial charge in [-0.1, -0.05) is 12.1 Å². The second-order valence-corrected chi connectivity index (χ2v) is 8.62. The van der Waals surface area contributed by atoms with Crippen molar-refractivity contribution in [2.75, 3.05) is 13.8 Å². The molecule has 0 atom stereocenters. The van der Waals surface area contributed by atoms with E-state index in [9.17, 15) is 9.59 Å². The van der Waals surface area contributed by atoms with E-state index >= 15 is 0 Å². The van der Waals surface area contributed by atoms with Gasteiger partial charge in [-0.3, -0.25) is 9.69 Å². The Balaban J connectivity index is 1.65. The van der Waals surface area contributed by atoms with E-state index in [-0.39, 0.29) is 24.1 Å². The summed E-state index contributed by atoms with van der Waals surface area (Å²) in [7, 11) is 1.64. The second-order valence-electron chi connectivity index (χ2n) is 8.62. The normalized spacial score (nSPS) is 13.6. The first-order valence-electron chi connectivity index (χ1n) is 11.1. The van der Waals surface area contributed by atoms with Crippen LogP contribution in [0.2, 0.25) is 0 Å². The summed E-state index contributed by atoms with van der Waals surface area (Å²) in [6.45, 7) is 7.19. The third kappa shape index (κ3) is 5.20. The summed E-state index contributed by atoms with van der Waals surface area (Å²) in [5, 5.41) is 0.857. The fraction of sp³-hybridized carbons (Fsp3) is 0.385. The lowest BCUT2D eigenvalue weighted by atomic mass is 9.97. The first-order chi connectivity index (χ1) is 15.8. The highest BCUT2D eigenvalue weighted by Gasteiger charge is 2.26. The number of methoxy groups -OCH3 is 1. The molecule has 7 nitrogen and oxygen atoms in total. The van der Waals surface area contributed by atoms with E-state index in [4.69, 9.17) is 18.6 Å². The fourth-order valence-electron chi connectivity index (χ4n) is 4.14. The number of ether oxygens (including phenoxy) is 3. The molecule has 0 spiro atoms. The molecule has 0 radical (unpaired) electrons. The average molecular weight is 452 g/mol. The molecule has 1 aromatic heterocycles. The van der Waals surface area contributed by atoms with Gasteiger partial charge in [0, 0.05) is 31.0 Å². The molecule has 0 fully saturated rings. The Morgan fingerprint density at radius 1 is 1.18 bits per heavy atom. The number of rotatable bonds is 7. The number of aryl methyl sites for hydroxylation is 2. The van der Waals surface area contributed by atoms with Gasteiger partial charge in [0.15, 0.2) is 0 Å². The van der Waals surface area contributed by atoms with Gasteiger partial charge in [-0.2, -0.15) is 0 Å². The van der Waals surface area contributed by atoms with Crippen molar-refractivity contribution < 1.29 is 23.4 Å². The predicted octanol–water partition coefficient (Wildman–Crippen LogP) is 4.35. The van der Waals surface area contributed by atoms with Crippen LogP contribution >= 0.6 is 0 Å². The van der Waals surface area contributed by atoms with Crippen LogP contribution in [0.25, 0.3) is 11.0 Å². The summed E-state index contributed by atoms with van der Waals surface area (Å²) in [6, 6.07) is 11.4. The molecule has 1 aliphatic rings. The molecular weight excluding hydrogens is 422 g/mol. The molecule has 4 rings (SSSR count). The molecule has 2 heterocycles. The van der Waals surface area contributed by atoms with Crippen LogP contribution in [-0.4, -0.2) is 30.8 Å². The van der Waals surface area contributed by atoms with Gasteiger partial charge in [-0.05, 0) is 62.1 Å². The van der Waals surface area contributed by atoms with Crippen molar-refractivity contribution in [3.05, 3.63) is 69.1 Å². The summed E-state index contributed by atoms with van der Waals surface area (Å²) < 4.78 is 22.3. The van der Waals surface area contributed by atoms with Crippen molar-refractivity contribution in [1.82, 2.24) is 4.90 Å². The van der Waals surface area contributed by atoms with Crippen LogP contribution < -0.4 is 15.1 Å². The number of carbonyl (C=O) groups is 1. The Kier molecular flexibility index (Phi) is 6.70. The maximum Gasteiger partial charge on any atom is 0.336 e. The average Bonchev–Trinajstić information content (AvgIpc) is 2.78. The molecule has 3 aromatic rings. The van der Waals surface area contributed by atoms with E-state index in [2.05, 4.69) is 4.90 Å². The van der Waals surface area contributed by atoms with Gasteiger partial charge in [0.2, 0.25) is 0 Å². The highest BCUT2D eigenvalue weighted by Crippen LogP contribution is 2.37. The SMILES string of the molecule is COc1ccc(CN2COc3c(CCC(=O)OC(C)C)cc4c(C)cc(=O)oc4c3C2)cc1. The van der Waals surface area contributed by atoms with Crippen LogP contribution in [0.5, 0.6) is 11.5 Å². The molecule has 0 N–H and O–H groups in total. The Hall–Kier alpha value is -3.32. The van der Waals surface area contributed by atoms with E-state index in [0.29, 0.717) is 37.6 Å². The quantitative estimate of drug-likeness (QED) is 0.390. The first-order valence-corrected chi connectivity index (χ1v) is 11.1. The van der Waals surface area contributed by atoms with Gasteiger partial charge < -0.3 is 18.6 Å². The molecule has 1 aliphatic heterocycles. The number of nitrogens with zero attached hydrogens (tertiary/aromatic N) is 1. The molecule has 0 amide bonds. The van der Waals surface area contributed by atoms with Crippen molar-refractivity contribution in [3.8, 4) is 11.5 Å². The van der Waals surface area contributed by atoms with Crippen LogP contribution in [0, 0.1) is 6.92 Å². The number of hydrogen-bond donors (Lipinski definition) is 0. The van der Waals surface area contributed by atoms with Gasteiger partial charge in [-0.25, -0.2) is 4.79 Å². The molecule has 0 saturated heterocycles. The van der Waals surface area contributed by atoms with Crippen LogP contribution in [0.3, 0.4) is 0 Å². The van der Waals surface area contributed by atoms with Crippen LogP contribution in [0.4, 0.5) is 0 Å². The Labute approximate surface area is 192 Å². The largest absolute Gasteiger partial charge is 0.497 e. The number of hydrogen-bond acceptors (Lipinski definition) is 7. The zero-order valence-electron chi connectivity index (χ0n) is 19.5. The van der Waals surface area contributed by atoms with Gasteiger partial charge >= 0.3 is 11.6 Å². The number of carbonyl (C=O) groups excluding carboxylic acids is 1. The summed E-state index contributed by atoms with van der Waals surface area (Å²) >= 11 is 0. The van der Waals surface area contributed by atoms with Gasteiger partial charge in [-0.15, -0.1) is 0 Å². The standard InChI is InChI=1S/C26H29NO6/c1-16(2)32-23(28)10-7-19-12-21-17(3)11-24(29)33-26(21)22-14-27(15-31-25(19)22)13-18-5-8-20(30-4)9-6-18/h5-6,8-9,11-12,16H,7,10,13-15H2,1-4H3. The molecule has 0 bridgehead atoms. The van der Waals surface area contributed by atoms with Crippen molar-refractivity contribution in [2.45, 2.75) is 52.8 Å². The molecule has 7 heteroatoms. The Morgan fingerprint density at radius 2 is 1.94 bits per heavy atom. The second kappa shape index (κ2) is 9.67. The van der Waals surface area contributed by atoms with E-state index in [1.165, 1.54) is 6.07 Å². The highest BCUT2D eigenvalue weighted by molar-refractivity contribution is 5.86. The van der Waals surface area contributed by atoms with Crippen LogP contribution in [0.1, 0.15) is 42.5 Å². The number of fused-ring (bicyclic) bond motifs is 3. The van der Waals surface area contributed by atoms with Crippen molar-refractivity contribution in [2.24, 2.45) is 0 Å².